The van der Waals surface area contributed by atoms with E-state index < -0.39 is 0 Å². The van der Waals surface area contributed by atoms with E-state index in [0.29, 0.717) is 24.2 Å². The van der Waals surface area contributed by atoms with Gasteiger partial charge in [-0.2, -0.15) is 0 Å². The highest BCUT2D eigenvalue weighted by Crippen LogP contribution is 2.25. The number of fused-ring (bicyclic) bond motifs is 1. The van der Waals surface area contributed by atoms with Crippen LogP contribution < -0.4 is 5.73 Å². The first-order chi connectivity index (χ1) is 7.76. The van der Waals surface area contributed by atoms with Crippen molar-refractivity contribution in [2.75, 3.05) is 6.61 Å². The maximum absolute atomic E-state index is 11.7. The lowest BCUT2D eigenvalue weighted by Gasteiger charge is -2.01. The van der Waals surface area contributed by atoms with E-state index in [1.165, 1.54) is 11.3 Å². The maximum atomic E-state index is 11.7. The van der Waals surface area contributed by atoms with E-state index >= 15 is 0 Å². The molecule has 0 spiro atoms. The van der Waals surface area contributed by atoms with Crippen LogP contribution in [0.4, 0.5) is 0 Å². The Kier molecular flexibility index (Phi) is 7.16. The van der Waals surface area contributed by atoms with E-state index in [4.69, 9.17) is 10.5 Å². The third-order valence-electron chi connectivity index (χ3n) is 2.13. The average molecular weight is 309 g/mol. The Bertz CT molecular complexity index is 531. The van der Waals surface area contributed by atoms with Crippen molar-refractivity contribution in [1.82, 2.24) is 4.98 Å². The van der Waals surface area contributed by atoms with E-state index in [1.807, 2.05) is 12.1 Å². The molecule has 0 atom stereocenters. The van der Waals surface area contributed by atoms with Crippen LogP contribution in [0.5, 0.6) is 0 Å². The Morgan fingerprint density at radius 2 is 2.17 bits per heavy atom. The van der Waals surface area contributed by atoms with Crippen LogP contribution in [0, 0.1) is 0 Å². The molecule has 2 aromatic rings. The van der Waals surface area contributed by atoms with Crippen LogP contribution in [0.25, 0.3) is 10.2 Å². The monoisotopic (exact) mass is 308 g/mol. The first-order valence-corrected chi connectivity index (χ1v) is 5.83. The molecular formula is C11H14Cl2N2O2S. The highest BCUT2D eigenvalue weighted by Gasteiger charge is 2.14. The van der Waals surface area contributed by atoms with Crippen molar-refractivity contribution in [1.29, 1.82) is 0 Å². The van der Waals surface area contributed by atoms with Crippen molar-refractivity contribution in [3.63, 3.8) is 0 Å². The largest absolute Gasteiger partial charge is 0.462 e. The van der Waals surface area contributed by atoms with Gasteiger partial charge in [-0.25, -0.2) is 9.78 Å². The summed E-state index contributed by atoms with van der Waals surface area (Å²) in [5, 5.41) is 0.826. The molecule has 0 fully saturated rings. The number of carbonyl (C=O) groups excluding carboxylic acids is 1. The number of thiazole rings is 1. The summed E-state index contributed by atoms with van der Waals surface area (Å²) < 4.78 is 5.94. The van der Waals surface area contributed by atoms with Gasteiger partial charge in [0.25, 0.3) is 0 Å². The highest BCUT2D eigenvalue weighted by molar-refractivity contribution is 7.18. The zero-order valence-electron chi connectivity index (χ0n) is 9.71. The number of aromatic nitrogens is 1. The fourth-order valence-corrected chi connectivity index (χ4v) is 2.33. The lowest BCUT2D eigenvalue weighted by Crippen LogP contribution is -2.05. The van der Waals surface area contributed by atoms with Crippen molar-refractivity contribution in [3.8, 4) is 0 Å². The summed E-state index contributed by atoms with van der Waals surface area (Å²) in [7, 11) is 0. The molecule has 1 heterocycles. The quantitative estimate of drug-likeness (QED) is 0.885. The minimum atomic E-state index is -0.332. The van der Waals surface area contributed by atoms with E-state index in [0.717, 1.165) is 9.71 Å². The van der Waals surface area contributed by atoms with Crippen LogP contribution in [-0.2, 0) is 11.3 Å². The predicted molar refractivity (Wildman–Crippen MR) is 78.0 cm³/mol. The fourth-order valence-electron chi connectivity index (χ4n) is 1.46. The first-order valence-electron chi connectivity index (χ1n) is 5.02. The Morgan fingerprint density at radius 1 is 1.44 bits per heavy atom. The molecular weight excluding hydrogens is 295 g/mol. The third-order valence-corrected chi connectivity index (χ3v) is 3.18. The summed E-state index contributed by atoms with van der Waals surface area (Å²) >= 11 is 1.50. The molecule has 0 radical (unpaired) electrons. The Balaban J connectivity index is 0.00000144. The second kappa shape index (κ2) is 7.53. The van der Waals surface area contributed by atoms with Crippen molar-refractivity contribution in [2.45, 2.75) is 13.5 Å². The molecule has 2 rings (SSSR count). The molecule has 0 bridgehead atoms. The molecule has 0 aliphatic carbocycles. The van der Waals surface area contributed by atoms with E-state index in [1.54, 1.807) is 13.0 Å². The topological polar surface area (TPSA) is 65.2 Å². The second-order valence-electron chi connectivity index (χ2n) is 3.18. The van der Waals surface area contributed by atoms with Crippen LogP contribution in [0.3, 0.4) is 0 Å². The summed E-state index contributed by atoms with van der Waals surface area (Å²) in [5.41, 5.74) is 6.73. The number of hydrogen-bond acceptors (Lipinski definition) is 5. The number of rotatable bonds is 3. The standard InChI is InChI=1S/C11H12N2O2S.2ClH/c1-2-15-11(14)7-4-3-5-8-10(7)13-9(6-12)16-8;;/h3-5H,2,6,12H2,1H3;2*1H. The minimum Gasteiger partial charge on any atom is -0.462 e. The molecule has 0 aliphatic heterocycles. The zero-order valence-corrected chi connectivity index (χ0v) is 12.2. The Morgan fingerprint density at radius 3 is 2.78 bits per heavy atom. The van der Waals surface area contributed by atoms with E-state index in [-0.39, 0.29) is 30.8 Å². The molecule has 0 amide bonds. The predicted octanol–water partition coefficient (Wildman–Crippen LogP) is 2.78. The van der Waals surface area contributed by atoms with Gasteiger partial charge < -0.3 is 10.5 Å². The summed E-state index contributed by atoms with van der Waals surface area (Å²) in [6.45, 7) is 2.54. The van der Waals surface area contributed by atoms with Gasteiger partial charge in [0.1, 0.15) is 5.01 Å². The summed E-state index contributed by atoms with van der Waals surface area (Å²) in [6.07, 6.45) is 0. The molecule has 0 saturated heterocycles. The molecule has 1 aromatic carbocycles. The summed E-state index contributed by atoms with van der Waals surface area (Å²) in [6, 6.07) is 5.47. The highest BCUT2D eigenvalue weighted by atomic mass is 35.5. The van der Waals surface area contributed by atoms with Crippen molar-refractivity contribution in [3.05, 3.63) is 28.8 Å². The molecule has 0 unspecified atom stereocenters. The van der Waals surface area contributed by atoms with Gasteiger partial charge in [-0.05, 0) is 19.1 Å². The second-order valence-corrected chi connectivity index (χ2v) is 4.30. The van der Waals surface area contributed by atoms with Crippen molar-refractivity contribution < 1.29 is 9.53 Å². The lowest BCUT2D eigenvalue weighted by molar-refractivity contribution is 0.0528. The number of esters is 1. The van der Waals surface area contributed by atoms with Gasteiger partial charge in [0.15, 0.2) is 0 Å². The van der Waals surface area contributed by atoms with Gasteiger partial charge >= 0.3 is 5.97 Å². The van der Waals surface area contributed by atoms with Crippen LogP contribution in [0.15, 0.2) is 18.2 Å². The van der Waals surface area contributed by atoms with Gasteiger partial charge in [0.05, 0.1) is 22.4 Å². The maximum Gasteiger partial charge on any atom is 0.340 e. The zero-order chi connectivity index (χ0) is 11.5. The number of halogens is 2. The fraction of sp³-hybridized carbons (Fsp3) is 0.273. The molecule has 0 aliphatic rings. The normalized spacial score (nSPS) is 9.44. The first kappa shape index (κ1) is 17.1. The molecule has 18 heavy (non-hydrogen) atoms. The number of hydrogen-bond donors (Lipinski definition) is 1. The van der Waals surface area contributed by atoms with Gasteiger partial charge in [0, 0.05) is 6.54 Å². The number of benzene rings is 1. The number of ether oxygens (including phenoxy) is 1. The summed E-state index contributed by atoms with van der Waals surface area (Å²) in [4.78, 5) is 16.0. The van der Waals surface area contributed by atoms with Crippen LogP contribution in [-0.4, -0.2) is 17.6 Å². The van der Waals surface area contributed by atoms with Gasteiger partial charge in [-0.15, -0.1) is 36.2 Å². The molecule has 100 valence electrons. The van der Waals surface area contributed by atoms with Gasteiger partial charge in [0.2, 0.25) is 0 Å². The number of carbonyl (C=O) groups is 1. The molecule has 4 nitrogen and oxygen atoms in total. The van der Waals surface area contributed by atoms with Crippen LogP contribution in [0.2, 0.25) is 0 Å². The number of nitrogens with two attached hydrogens (primary N) is 1. The smallest absolute Gasteiger partial charge is 0.340 e. The molecule has 2 N–H and O–H groups in total. The van der Waals surface area contributed by atoms with Gasteiger partial charge in [-0.3, -0.25) is 0 Å². The lowest BCUT2D eigenvalue weighted by atomic mass is 10.2. The third kappa shape index (κ3) is 3.32. The van der Waals surface area contributed by atoms with E-state index in [9.17, 15) is 4.79 Å². The average Bonchev–Trinajstić information content (AvgIpc) is 2.71. The molecule has 1 aromatic heterocycles. The summed E-state index contributed by atoms with van der Waals surface area (Å²) in [5.74, 6) is -0.332. The molecule has 7 heteroatoms. The number of nitrogens with zero attached hydrogens (tertiary/aromatic N) is 1. The van der Waals surface area contributed by atoms with Crippen molar-refractivity contribution in [2.24, 2.45) is 5.73 Å². The van der Waals surface area contributed by atoms with E-state index in [2.05, 4.69) is 4.98 Å². The van der Waals surface area contributed by atoms with Gasteiger partial charge in [-0.1, -0.05) is 6.07 Å². The van der Waals surface area contributed by atoms with Crippen molar-refractivity contribution >= 4 is 52.3 Å². The molecule has 0 saturated carbocycles. The Labute approximate surface area is 121 Å². The Hall–Kier alpha value is -0.880. The minimum absolute atomic E-state index is 0. The SMILES string of the molecule is CCOC(=O)c1cccc2sc(CN)nc12.Cl.Cl. The van der Waals surface area contributed by atoms with Crippen LogP contribution >= 0.6 is 36.2 Å². The number of para-hydroxylation sites is 1. The van der Waals surface area contributed by atoms with Crippen LogP contribution in [0.1, 0.15) is 22.3 Å².